The van der Waals surface area contributed by atoms with Gasteiger partial charge in [-0.1, -0.05) is 60.3 Å². The molecule has 10 nitrogen and oxygen atoms in total. The van der Waals surface area contributed by atoms with Gasteiger partial charge in [0, 0.05) is 16.8 Å². The molecule has 0 bridgehead atoms. The number of hydrogen-bond acceptors (Lipinski definition) is 8. The number of benzene rings is 3. The number of carbonyl (C=O) groups excluding carboxylic acids is 1. The Morgan fingerprint density at radius 1 is 1.00 bits per heavy atom. The second-order valence-corrected chi connectivity index (χ2v) is 8.44. The summed E-state index contributed by atoms with van der Waals surface area (Å²) in [4.78, 5) is 24.3. The molecule has 3 aromatic carbocycles. The predicted molar refractivity (Wildman–Crippen MR) is 140 cm³/mol. The first kappa shape index (κ1) is 25.5. The van der Waals surface area contributed by atoms with Crippen molar-refractivity contribution in [3.05, 3.63) is 83.9 Å². The molecule has 11 heteroatoms. The molecular weight excluding hydrogens is 494 g/mol. The molecule has 188 valence electrons. The van der Waals surface area contributed by atoms with Crippen molar-refractivity contribution in [1.29, 1.82) is 0 Å². The van der Waals surface area contributed by atoms with Crippen LogP contribution in [0.2, 0.25) is 0 Å². The number of rotatable bonds is 10. The zero-order valence-corrected chi connectivity index (χ0v) is 20.8. The molecule has 0 radical (unpaired) electrons. The average molecular weight is 518 g/mol. The van der Waals surface area contributed by atoms with Crippen LogP contribution in [0.15, 0.2) is 83.1 Å². The molecule has 2 N–H and O–H groups in total. The fraction of sp³-hybridized carbons (Fsp3) is 0.115. The highest BCUT2D eigenvalue weighted by atomic mass is 32.2. The smallest absolute Gasteiger partial charge is 0.340 e. The van der Waals surface area contributed by atoms with Gasteiger partial charge in [0.25, 0.3) is 5.91 Å². The van der Waals surface area contributed by atoms with Crippen molar-refractivity contribution in [2.45, 2.75) is 5.16 Å². The fourth-order valence-corrected chi connectivity index (χ4v) is 4.30. The number of aromatic nitrogens is 3. The second kappa shape index (κ2) is 11.9. The molecule has 0 aliphatic rings. The van der Waals surface area contributed by atoms with Crippen LogP contribution in [-0.4, -0.2) is 57.9 Å². The summed E-state index contributed by atoms with van der Waals surface area (Å²) in [7, 11) is 2.76. The minimum atomic E-state index is -1.21. The Balaban J connectivity index is 1.49. The van der Waals surface area contributed by atoms with Gasteiger partial charge in [0.15, 0.2) is 22.5 Å². The highest BCUT2D eigenvalue weighted by Gasteiger charge is 2.20. The number of carboxylic acids is 1. The number of para-hydroxylation sites is 1. The van der Waals surface area contributed by atoms with E-state index in [2.05, 4.69) is 20.7 Å². The van der Waals surface area contributed by atoms with Crippen LogP contribution in [0.1, 0.15) is 15.9 Å². The van der Waals surface area contributed by atoms with Crippen molar-refractivity contribution in [3.63, 3.8) is 0 Å². The van der Waals surface area contributed by atoms with Crippen LogP contribution in [0.4, 0.5) is 0 Å². The fourth-order valence-electron chi connectivity index (χ4n) is 3.55. The quantitative estimate of drug-likeness (QED) is 0.184. The number of nitrogens with zero attached hydrogens (tertiary/aromatic N) is 4. The van der Waals surface area contributed by atoms with Crippen LogP contribution in [0, 0.1) is 0 Å². The standard InChI is InChI=1S/C26H23N5O5S/c1-35-20-14-13-18(22(25(33)34)23(20)36-2)15-27-28-21(32)16-37-26-30-29-24(17-9-5-3-6-10-17)31(26)19-11-7-4-8-12-19/h3-15H,16H2,1-2H3,(H,28,32)(H,33,34). The maximum atomic E-state index is 12.5. The molecular formula is C26H23N5O5S. The number of methoxy groups -OCH3 is 2. The van der Waals surface area contributed by atoms with E-state index in [1.807, 2.05) is 65.2 Å². The van der Waals surface area contributed by atoms with E-state index in [4.69, 9.17) is 9.47 Å². The normalized spacial score (nSPS) is 10.9. The molecule has 0 saturated heterocycles. The third-order valence-corrected chi connectivity index (χ3v) is 6.13. The van der Waals surface area contributed by atoms with Gasteiger partial charge in [-0.3, -0.25) is 9.36 Å². The van der Waals surface area contributed by atoms with Gasteiger partial charge < -0.3 is 14.6 Å². The third kappa shape index (κ3) is 5.78. The minimum Gasteiger partial charge on any atom is -0.493 e. The SMILES string of the molecule is COc1ccc(C=NNC(=O)CSc2nnc(-c3ccccc3)n2-c2ccccc2)c(C(=O)O)c1OC. The number of hydrogen-bond donors (Lipinski definition) is 2. The number of carbonyl (C=O) groups is 2. The first-order valence-corrected chi connectivity index (χ1v) is 12.0. The molecule has 0 spiro atoms. The summed E-state index contributed by atoms with van der Waals surface area (Å²) in [5.41, 5.74) is 4.29. The van der Waals surface area contributed by atoms with Crippen LogP contribution >= 0.6 is 11.8 Å². The van der Waals surface area contributed by atoms with E-state index in [1.54, 1.807) is 6.07 Å². The summed E-state index contributed by atoms with van der Waals surface area (Å²) in [6, 6.07) is 22.4. The van der Waals surface area contributed by atoms with E-state index in [1.165, 1.54) is 38.3 Å². The van der Waals surface area contributed by atoms with E-state index in [-0.39, 0.29) is 28.4 Å². The number of amides is 1. The summed E-state index contributed by atoms with van der Waals surface area (Å²) >= 11 is 1.20. The second-order valence-electron chi connectivity index (χ2n) is 7.50. The van der Waals surface area contributed by atoms with Crippen LogP contribution in [0.25, 0.3) is 17.1 Å². The molecule has 0 saturated carbocycles. The molecule has 1 aromatic heterocycles. The van der Waals surface area contributed by atoms with Crippen molar-refractivity contribution in [2.24, 2.45) is 5.10 Å². The highest BCUT2D eigenvalue weighted by Crippen LogP contribution is 2.33. The summed E-state index contributed by atoms with van der Waals surface area (Å²) in [6.07, 6.45) is 1.24. The topological polar surface area (TPSA) is 128 Å². The van der Waals surface area contributed by atoms with Crippen molar-refractivity contribution in [3.8, 4) is 28.6 Å². The van der Waals surface area contributed by atoms with Crippen molar-refractivity contribution < 1.29 is 24.2 Å². The Kier molecular flexibility index (Phi) is 8.16. The van der Waals surface area contributed by atoms with Gasteiger partial charge in [0.1, 0.15) is 5.56 Å². The Bertz CT molecular complexity index is 1420. The molecule has 0 aliphatic carbocycles. The lowest BCUT2D eigenvalue weighted by Crippen LogP contribution is -2.20. The van der Waals surface area contributed by atoms with E-state index < -0.39 is 11.9 Å². The first-order valence-electron chi connectivity index (χ1n) is 11.0. The van der Waals surface area contributed by atoms with Crippen LogP contribution in [0.3, 0.4) is 0 Å². The van der Waals surface area contributed by atoms with Crippen LogP contribution in [0.5, 0.6) is 11.5 Å². The molecule has 0 aliphatic heterocycles. The summed E-state index contributed by atoms with van der Waals surface area (Å²) in [6.45, 7) is 0. The predicted octanol–water partition coefficient (Wildman–Crippen LogP) is 3.89. The molecule has 0 unspecified atom stereocenters. The number of aromatic carboxylic acids is 1. The maximum absolute atomic E-state index is 12.5. The lowest BCUT2D eigenvalue weighted by atomic mass is 10.1. The van der Waals surface area contributed by atoms with Gasteiger partial charge >= 0.3 is 5.97 Å². The highest BCUT2D eigenvalue weighted by molar-refractivity contribution is 7.99. The number of hydrazone groups is 1. The Morgan fingerprint density at radius 2 is 1.70 bits per heavy atom. The average Bonchev–Trinajstić information content (AvgIpc) is 3.36. The molecule has 4 rings (SSSR count). The van der Waals surface area contributed by atoms with Gasteiger partial charge in [-0.15, -0.1) is 10.2 Å². The van der Waals surface area contributed by atoms with Gasteiger partial charge in [-0.05, 0) is 24.3 Å². The summed E-state index contributed by atoms with van der Waals surface area (Å²) < 4.78 is 12.2. The minimum absolute atomic E-state index is 0.00875. The molecule has 37 heavy (non-hydrogen) atoms. The van der Waals surface area contributed by atoms with Crippen molar-refractivity contribution in [1.82, 2.24) is 20.2 Å². The molecule has 0 fully saturated rings. The zero-order valence-electron chi connectivity index (χ0n) is 20.0. The lowest BCUT2D eigenvalue weighted by molar-refractivity contribution is -0.118. The molecule has 4 aromatic rings. The largest absolute Gasteiger partial charge is 0.493 e. The summed E-state index contributed by atoms with van der Waals surface area (Å²) in [5, 5.41) is 22.7. The number of nitrogens with one attached hydrogen (secondary N) is 1. The number of ether oxygens (including phenoxy) is 2. The lowest BCUT2D eigenvalue weighted by Gasteiger charge is -2.12. The summed E-state index contributed by atoms with van der Waals surface area (Å²) in [5.74, 6) is -0.613. The number of thioether (sulfide) groups is 1. The Morgan fingerprint density at radius 3 is 2.35 bits per heavy atom. The van der Waals surface area contributed by atoms with E-state index in [0.717, 1.165) is 11.3 Å². The van der Waals surface area contributed by atoms with Gasteiger partial charge in [0.2, 0.25) is 0 Å². The monoisotopic (exact) mass is 517 g/mol. The van der Waals surface area contributed by atoms with Crippen LogP contribution in [-0.2, 0) is 4.79 Å². The Hall–Kier alpha value is -4.64. The molecule has 1 heterocycles. The van der Waals surface area contributed by atoms with Gasteiger partial charge in [-0.2, -0.15) is 5.10 Å². The molecule has 0 atom stereocenters. The van der Waals surface area contributed by atoms with E-state index in [0.29, 0.717) is 11.0 Å². The maximum Gasteiger partial charge on any atom is 0.340 e. The Labute approximate surface area is 217 Å². The van der Waals surface area contributed by atoms with Gasteiger partial charge in [0.05, 0.1) is 26.2 Å². The molecule has 1 amide bonds. The van der Waals surface area contributed by atoms with Gasteiger partial charge in [-0.25, -0.2) is 10.2 Å². The van der Waals surface area contributed by atoms with Crippen molar-refractivity contribution >= 4 is 29.9 Å². The number of carboxylic acid groups (broad SMARTS) is 1. The van der Waals surface area contributed by atoms with E-state index in [9.17, 15) is 14.7 Å². The van der Waals surface area contributed by atoms with E-state index >= 15 is 0 Å². The third-order valence-electron chi connectivity index (χ3n) is 5.20. The zero-order chi connectivity index (χ0) is 26.2. The van der Waals surface area contributed by atoms with Crippen molar-refractivity contribution in [2.75, 3.05) is 20.0 Å². The van der Waals surface area contributed by atoms with Crippen LogP contribution < -0.4 is 14.9 Å². The first-order chi connectivity index (χ1) is 18.0.